The van der Waals surface area contributed by atoms with Gasteiger partial charge in [-0.25, -0.2) is 4.98 Å². The van der Waals surface area contributed by atoms with Gasteiger partial charge in [-0.3, -0.25) is 0 Å². The van der Waals surface area contributed by atoms with Crippen molar-refractivity contribution in [1.29, 1.82) is 0 Å². The maximum absolute atomic E-state index is 12.3. The number of thiazole rings is 1. The molecule has 4 nitrogen and oxygen atoms in total. The Morgan fingerprint density at radius 3 is 2.83 bits per heavy atom. The minimum absolute atomic E-state index is 0.0261. The van der Waals surface area contributed by atoms with Crippen LogP contribution < -0.4 is 5.32 Å². The summed E-state index contributed by atoms with van der Waals surface area (Å²) in [6, 6.07) is 3.19. The van der Waals surface area contributed by atoms with Crippen molar-refractivity contribution < 1.29 is 22.7 Å². The molecule has 2 aromatic rings. The zero-order valence-corrected chi connectivity index (χ0v) is 9.76. The largest absolute Gasteiger partial charge is 0.467 e. The number of anilines is 1. The van der Waals surface area contributed by atoms with Crippen molar-refractivity contribution in [3.8, 4) is 0 Å². The fraction of sp³-hybridized carbons (Fsp3) is 0.300. The van der Waals surface area contributed by atoms with Gasteiger partial charge in [-0.2, -0.15) is 13.2 Å². The normalized spacial score (nSPS) is 13.6. The summed E-state index contributed by atoms with van der Waals surface area (Å²) in [4.78, 5) is 2.80. The van der Waals surface area contributed by atoms with Crippen molar-refractivity contribution >= 4 is 16.5 Å². The molecule has 0 saturated heterocycles. The quantitative estimate of drug-likeness (QED) is 0.902. The Labute approximate surface area is 104 Å². The molecule has 0 spiro atoms. The van der Waals surface area contributed by atoms with Crippen LogP contribution >= 0.6 is 11.3 Å². The Morgan fingerprint density at radius 1 is 1.50 bits per heavy atom. The molecule has 1 atom stereocenters. The summed E-state index contributed by atoms with van der Waals surface area (Å²) in [5.41, 5.74) is 0. The van der Waals surface area contributed by atoms with E-state index in [1.54, 1.807) is 12.1 Å². The molecule has 2 rings (SSSR count). The zero-order valence-electron chi connectivity index (χ0n) is 8.94. The van der Waals surface area contributed by atoms with Crippen LogP contribution in [0.3, 0.4) is 0 Å². The summed E-state index contributed by atoms with van der Waals surface area (Å²) in [5, 5.41) is 12.4. The van der Waals surface area contributed by atoms with Gasteiger partial charge in [0.25, 0.3) is 0 Å². The van der Waals surface area contributed by atoms with Crippen LogP contribution in [-0.2, 0) is 6.18 Å². The Bertz CT molecular complexity index is 495. The van der Waals surface area contributed by atoms with Crippen molar-refractivity contribution in [3.05, 3.63) is 35.2 Å². The van der Waals surface area contributed by atoms with Crippen molar-refractivity contribution in [2.24, 2.45) is 0 Å². The highest BCUT2D eigenvalue weighted by atomic mass is 32.1. The number of hydrogen-bond acceptors (Lipinski definition) is 5. The van der Waals surface area contributed by atoms with Crippen molar-refractivity contribution in [3.63, 3.8) is 0 Å². The standard InChI is InChI=1S/C10H9F3N2O2S/c11-10(12,13)8-5-15-9(18-8)14-4-6(16)7-2-1-3-17-7/h1-3,5-6,16H,4H2,(H,14,15). The van der Waals surface area contributed by atoms with E-state index in [0.717, 1.165) is 6.20 Å². The molecule has 18 heavy (non-hydrogen) atoms. The molecule has 2 aromatic heterocycles. The van der Waals surface area contributed by atoms with E-state index in [1.807, 2.05) is 0 Å². The predicted octanol–water partition coefficient (Wildman–Crippen LogP) is 2.90. The molecule has 0 fully saturated rings. The van der Waals surface area contributed by atoms with E-state index in [2.05, 4.69) is 10.3 Å². The Morgan fingerprint density at radius 2 is 2.28 bits per heavy atom. The fourth-order valence-electron chi connectivity index (χ4n) is 1.25. The van der Waals surface area contributed by atoms with Crippen molar-refractivity contribution in [1.82, 2.24) is 4.98 Å². The summed E-state index contributed by atoms with van der Waals surface area (Å²) < 4.78 is 41.9. The van der Waals surface area contributed by atoms with Crippen LogP contribution in [-0.4, -0.2) is 16.6 Å². The van der Waals surface area contributed by atoms with Gasteiger partial charge in [-0.1, -0.05) is 11.3 Å². The lowest BCUT2D eigenvalue weighted by Gasteiger charge is -2.07. The lowest BCUT2D eigenvalue weighted by molar-refractivity contribution is -0.134. The summed E-state index contributed by atoms with van der Waals surface area (Å²) >= 11 is 0.490. The average Bonchev–Trinajstić information content (AvgIpc) is 2.96. The third-order valence-corrected chi connectivity index (χ3v) is 3.10. The van der Waals surface area contributed by atoms with E-state index in [1.165, 1.54) is 6.26 Å². The lowest BCUT2D eigenvalue weighted by Crippen LogP contribution is -2.11. The molecule has 0 radical (unpaired) electrons. The van der Waals surface area contributed by atoms with Crippen LogP contribution in [0, 0.1) is 0 Å². The first-order valence-corrected chi connectivity index (χ1v) is 5.77. The topological polar surface area (TPSA) is 58.3 Å². The molecule has 0 amide bonds. The number of aliphatic hydroxyl groups is 1. The average molecular weight is 278 g/mol. The maximum Gasteiger partial charge on any atom is 0.427 e. The second kappa shape index (κ2) is 4.99. The van der Waals surface area contributed by atoms with Crippen LogP contribution in [0.5, 0.6) is 0 Å². The van der Waals surface area contributed by atoms with Crippen molar-refractivity contribution in [2.75, 3.05) is 11.9 Å². The molecule has 0 aliphatic heterocycles. The molecule has 98 valence electrons. The molecule has 0 aromatic carbocycles. The first kappa shape index (κ1) is 12.9. The van der Waals surface area contributed by atoms with Gasteiger partial charge in [0.15, 0.2) is 5.13 Å². The number of alkyl halides is 3. The zero-order chi connectivity index (χ0) is 13.2. The number of halogens is 3. The van der Waals surface area contributed by atoms with Crippen LogP contribution in [0.1, 0.15) is 16.7 Å². The molecule has 0 aliphatic rings. The summed E-state index contributed by atoms with van der Waals surface area (Å²) in [6.07, 6.45) is -3.16. The van der Waals surface area contributed by atoms with Gasteiger partial charge in [-0.15, -0.1) is 0 Å². The van der Waals surface area contributed by atoms with Gasteiger partial charge in [0, 0.05) is 0 Å². The number of rotatable bonds is 4. The van der Waals surface area contributed by atoms with E-state index in [-0.39, 0.29) is 11.7 Å². The lowest BCUT2D eigenvalue weighted by atomic mass is 10.3. The van der Waals surface area contributed by atoms with Crippen LogP contribution in [0.25, 0.3) is 0 Å². The van der Waals surface area contributed by atoms with Gasteiger partial charge in [0.1, 0.15) is 16.7 Å². The first-order valence-electron chi connectivity index (χ1n) is 4.95. The number of nitrogens with zero attached hydrogens (tertiary/aromatic N) is 1. The highest BCUT2D eigenvalue weighted by molar-refractivity contribution is 7.15. The number of hydrogen-bond donors (Lipinski definition) is 2. The van der Waals surface area contributed by atoms with E-state index in [4.69, 9.17) is 4.42 Å². The maximum atomic E-state index is 12.3. The van der Waals surface area contributed by atoms with Gasteiger partial charge >= 0.3 is 6.18 Å². The fourth-order valence-corrected chi connectivity index (χ4v) is 1.94. The Hall–Kier alpha value is -1.54. The van der Waals surface area contributed by atoms with Gasteiger partial charge in [-0.05, 0) is 12.1 Å². The second-order valence-corrected chi connectivity index (χ2v) is 4.47. The van der Waals surface area contributed by atoms with E-state index in [9.17, 15) is 18.3 Å². The van der Waals surface area contributed by atoms with Crippen LogP contribution in [0.4, 0.5) is 18.3 Å². The van der Waals surface area contributed by atoms with Gasteiger partial charge in [0.05, 0.1) is 19.0 Å². The minimum atomic E-state index is -4.39. The number of furan rings is 1. The molecule has 2 heterocycles. The summed E-state index contributed by atoms with van der Waals surface area (Å²) in [5.74, 6) is 0.343. The first-order chi connectivity index (χ1) is 8.47. The third-order valence-electron chi connectivity index (χ3n) is 2.10. The minimum Gasteiger partial charge on any atom is -0.467 e. The SMILES string of the molecule is OC(CNc1ncc(C(F)(F)F)s1)c1ccco1. The highest BCUT2D eigenvalue weighted by Gasteiger charge is 2.33. The smallest absolute Gasteiger partial charge is 0.427 e. The van der Waals surface area contributed by atoms with E-state index >= 15 is 0 Å². The number of aliphatic hydroxyl groups excluding tert-OH is 1. The van der Waals surface area contributed by atoms with E-state index in [0.29, 0.717) is 17.1 Å². The van der Waals surface area contributed by atoms with E-state index < -0.39 is 17.2 Å². The monoisotopic (exact) mass is 278 g/mol. The molecule has 1 unspecified atom stereocenters. The third kappa shape index (κ3) is 3.02. The molecule has 0 saturated carbocycles. The molecule has 2 N–H and O–H groups in total. The second-order valence-electron chi connectivity index (χ2n) is 3.44. The highest BCUT2D eigenvalue weighted by Crippen LogP contribution is 2.35. The predicted molar refractivity (Wildman–Crippen MR) is 59.3 cm³/mol. The van der Waals surface area contributed by atoms with Crippen LogP contribution in [0.2, 0.25) is 0 Å². The number of aromatic nitrogens is 1. The van der Waals surface area contributed by atoms with Gasteiger partial charge in [0.2, 0.25) is 0 Å². The Kier molecular flexibility index (Phi) is 3.58. The molecule has 8 heteroatoms. The number of nitrogens with one attached hydrogen (secondary N) is 1. The molecular formula is C10H9F3N2O2S. The molecule has 0 bridgehead atoms. The van der Waals surface area contributed by atoms with Gasteiger partial charge < -0.3 is 14.8 Å². The Balaban J connectivity index is 1.93. The summed E-state index contributed by atoms with van der Waals surface area (Å²) in [6.45, 7) is 0.0261. The summed E-state index contributed by atoms with van der Waals surface area (Å²) in [7, 11) is 0. The molecular weight excluding hydrogens is 269 g/mol. The van der Waals surface area contributed by atoms with Crippen LogP contribution in [0.15, 0.2) is 29.0 Å². The van der Waals surface area contributed by atoms with Crippen molar-refractivity contribution in [2.45, 2.75) is 12.3 Å². The molecule has 0 aliphatic carbocycles.